The Kier molecular flexibility index (Phi) is 8.94. The van der Waals surface area contributed by atoms with Crippen molar-refractivity contribution in [3.05, 3.63) is 59.2 Å². The Hall–Kier alpha value is -1.57. The van der Waals surface area contributed by atoms with Gasteiger partial charge in [0, 0.05) is 18.4 Å². The first-order valence-corrected chi connectivity index (χ1v) is 15.4. The van der Waals surface area contributed by atoms with Crippen LogP contribution in [0.15, 0.2) is 42.5 Å². The van der Waals surface area contributed by atoms with Gasteiger partial charge in [-0.25, -0.2) is 4.79 Å². The minimum atomic E-state index is -0.268. The molecule has 0 radical (unpaired) electrons. The molecule has 0 heterocycles. The summed E-state index contributed by atoms with van der Waals surface area (Å²) >= 11 is 6.03. The highest BCUT2D eigenvalue weighted by Gasteiger charge is 2.43. The maximum absolute atomic E-state index is 12.7. The predicted molar refractivity (Wildman–Crippen MR) is 148 cm³/mol. The van der Waals surface area contributed by atoms with E-state index in [0.717, 1.165) is 23.0 Å². The van der Waals surface area contributed by atoms with E-state index in [4.69, 9.17) is 16.5 Å². The molecule has 0 spiro atoms. The summed E-state index contributed by atoms with van der Waals surface area (Å²) in [6.45, 7) is 2.12. The summed E-state index contributed by atoms with van der Waals surface area (Å²) in [7, 11) is 1.93. The van der Waals surface area contributed by atoms with Crippen LogP contribution in [-0.2, 0) is 21.7 Å². The van der Waals surface area contributed by atoms with Gasteiger partial charge in [0.05, 0.1) is 12.7 Å². The number of hydrogen-bond donors (Lipinski definition) is 0. The maximum Gasteiger partial charge on any atom is 0.338 e. The molecule has 0 bridgehead atoms. The molecule has 0 saturated heterocycles. The molecule has 0 amide bonds. The first-order chi connectivity index (χ1) is 16.6. The Balaban J connectivity index is 1.80. The molecule has 182 valence electrons. The van der Waals surface area contributed by atoms with Crippen LogP contribution < -0.4 is 0 Å². The van der Waals surface area contributed by atoms with Gasteiger partial charge in [-0.15, -0.1) is 0 Å². The van der Waals surface area contributed by atoms with Crippen LogP contribution in [-0.4, -0.2) is 13.1 Å². The Morgan fingerprint density at radius 3 is 2.03 bits per heavy atom. The molecular weight excluding hydrogens is 455 g/mol. The third-order valence-corrected chi connectivity index (χ3v) is 10.6. The van der Waals surface area contributed by atoms with E-state index in [1.54, 1.807) is 0 Å². The summed E-state index contributed by atoms with van der Waals surface area (Å²) in [5.74, 6) is 1.28. The number of aryl methyl sites for hydroxylation is 1. The molecule has 0 aromatic heterocycles. The van der Waals surface area contributed by atoms with E-state index < -0.39 is 0 Å². The Morgan fingerprint density at radius 2 is 1.50 bits per heavy atom. The number of carbonyl (C=O) groups excluding carboxylic acids is 1. The lowest BCUT2D eigenvalue weighted by Gasteiger charge is -2.34. The van der Waals surface area contributed by atoms with Gasteiger partial charge >= 0.3 is 5.97 Å². The van der Waals surface area contributed by atoms with E-state index in [2.05, 4.69) is 43.3 Å². The number of carbonyl (C=O) groups is 1. The van der Waals surface area contributed by atoms with Crippen LogP contribution in [0, 0.1) is 18.8 Å². The van der Waals surface area contributed by atoms with Crippen molar-refractivity contribution in [2.75, 3.05) is 7.11 Å². The smallest absolute Gasteiger partial charge is 0.338 e. The number of esters is 1. The first-order valence-electron chi connectivity index (χ1n) is 13.2. The van der Waals surface area contributed by atoms with E-state index in [1.807, 2.05) is 6.07 Å². The lowest BCUT2D eigenvalue weighted by atomic mass is 9.73. The zero-order valence-corrected chi connectivity index (χ0v) is 22.7. The third kappa shape index (κ3) is 5.80. The Labute approximate surface area is 212 Å². The fraction of sp³-hybridized carbons (Fsp3) is 0.567. The van der Waals surface area contributed by atoms with Crippen LogP contribution in [0.4, 0.5) is 0 Å². The monoisotopic (exact) mass is 495 g/mol. The van der Waals surface area contributed by atoms with Crippen molar-refractivity contribution in [1.29, 1.82) is 0 Å². The topological polar surface area (TPSA) is 26.3 Å². The van der Waals surface area contributed by atoms with Crippen LogP contribution in [0.3, 0.4) is 0 Å². The fourth-order valence-corrected chi connectivity index (χ4v) is 8.33. The highest BCUT2D eigenvalue weighted by atomic mass is 32.4. The van der Waals surface area contributed by atoms with Gasteiger partial charge in [-0.2, -0.15) is 0 Å². The largest absolute Gasteiger partial charge is 0.465 e. The average molecular weight is 496 g/mol. The average Bonchev–Trinajstić information content (AvgIpc) is 2.89. The highest BCUT2D eigenvalue weighted by Crippen LogP contribution is 2.51. The molecule has 2 aliphatic carbocycles. The second-order valence-electron chi connectivity index (χ2n) is 10.7. The van der Waals surface area contributed by atoms with Gasteiger partial charge in [-0.3, -0.25) is 0 Å². The SMILES string of the molecule is COC(=O)c1ccc(C(CC2CCCCC2)(CC2CCCCC2)[PH+]=S)cc1-c1ccccc1C. The molecular formula is C30H40O2PS+. The molecule has 2 nitrogen and oxygen atoms in total. The van der Waals surface area contributed by atoms with Gasteiger partial charge in [0.25, 0.3) is 0 Å². The highest BCUT2D eigenvalue weighted by molar-refractivity contribution is 7.96. The quantitative estimate of drug-likeness (QED) is 0.270. The molecule has 0 aliphatic heterocycles. The molecule has 2 aliphatic rings. The van der Waals surface area contributed by atoms with Crippen molar-refractivity contribution in [1.82, 2.24) is 0 Å². The lowest BCUT2D eigenvalue weighted by molar-refractivity contribution is 0.0601. The standard InChI is InChI=1S/C30H39O2PS/c1-22-11-9-10-16-26(22)28-19-25(17-18-27(28)29(31)32-2)30(33-34,20-23-12-5-3-6-13-23)21-24-14-7-4-8-15-24/h9-11,16-19,23-24H,3-8,12-15,20-21H2,1-2H3/p+1. The van der Waals surface area contributed by atoms with Crippen molar-refractivity contribution in [2.24, 2.45) is 11.8 Å². The van der Waals surface area contributed by atoms with E-state index in [9.17, 15) is 4.79 Å². The molecule has 1 atom stereocenters. The molecule has 0 N–H and O–H groups in total. The number of methoxy groups -OCH3 is 1. The normalized spacial score (nSPS) is 18.2. The summed E-state index contributed by atoms with van der Waals surface area (Å²) in [4.78, 5) is 12.7. The summed E-state index contributed by atoms with van der Waals surface area (Å²) < 4.78 is 5.18. The van der Waals surface area contributed by atoms with Gasteiger partial charge in [0.15, 0.2) is 24.3 Å². The summed E-state index contributed by atoms with van der Waals surface area (Å²) in [6, 6.07) is 14.9. The summed E-state index contributed by atoms with van der Waals surface area (Å²) in [5, 5.41) is 0.0332. The number of ether oxygens (including phenoxy) is 1. The number of hydrogen-bond acceptors (Lipinski definition) is 3. The molecule has 4 heteroatoms. The second kappa shape index (κ2) is 11.9. The number of rotatable bonds is 8. The van der Waals surface area contributed by atoms with Crippen molar-refractivity contribution in [2.45, 2.75) is 89.1 Å². The zero-order valence-electron chi connectivity index (χ0n) is 20.9. The minimum Gasteiger partial charge on any atom is -0.465 e. The van der Waals surface area contributed by atoms with Crippen LogP contribution in [0.5, 0.6) is 0 Å². The zero-order chi connectivity index (χ0) is 24.0. The van der Waals surface area contributed by atoms with Crippen LogP contribution in [0.1, 0.15) is 98.5 Å². The summed E-state index contributed by atoms with van der Waals surface area (Å²) in [5.41, 5.74) is 5.28. The molecule has 2 fully saturated rings. The Bertz CT molecular complexity index is 969. The van der Waals surface area contributed by atoms with Gasteiger partial charge in [0.2, 0.25) is 0 Å². The summed E-state index contributed by atoms with van der Waals surface area (Å²) in [6.07, 6.45) is 16.0. The molecule has 2 aromatic rings. The van der Waals surface area contributed by atoms with Gasteiger partial charge in [0.1, 0.15) is 0 Å². The van der Waals surface area contributed by atoms with Crippen molar-refractivity contribution < 1.29 is 9.53 Å². The molecule has 4 rings (SSSR count). The van der Waals surface area contributed by atoms with E-state index in [0.29, 0.717) is 12.9 Å². The van der Waals surface area contributed by atoms with Crippen LogP contribution >= 0.6 is 7.36 Å². The Morgan fingerprint density at radius 1 is 0.912 bits per heavy atom. The maximum atomic E-state index is 12.7. The van der Waals surface area contributed by atoms with Gasteiger partial charge in [-0.1, -0.05) is 94.5 Å². The first kappa shape index (κ1) is 25.5. The van der Waals surface area contributed by atoms with Gasteiger partial charge < -0.3 is 4.74 Å². The molecule has 2 saturated carbocycles. The van der Waals surface area contributed by atoms with Crippen LogP contribution in [0.2, 0.25) is 0 Å². The second-order valence-corrected chi connectivity index (χ2v) is 12.4. The predicted octanol–water partition coefficient (Wildman–Crippen LogP) is 8.73. The fourth-order valence-electron chi connectivity index (χ4n) is 6.46. The molecule has 34 heavy (non-hydrogen) atoms. The van der Waals surface area contributed by atoms with Crippen molar-refractivity contribution in [3.63, 3.8) is 0 Å². The third-order valence-electron chi connectivity index (χ3n) is 8.33. The van der Waals surface area contributed by atoms with Gasteiger partial charge in [-0.05, 0) is 47.6 Å². The molecule has 1 unspecified atom stereocenters. The lowest BCUT2D eigenvalue weighted by Crippen LogP contribution is -2.28. The van der Waals surface area contributed by atoms with E-state index in [-0.39, 0.29) is 11.1 Å². The van der Waals surface area contributed by atoms with E-state index >= 15 is 0 Å². The van der Waals surface area contributed by atoms with Crippen molar-refractivity contribution >= 4 is 25.1 Å². The van der Waals surface area contributed by atoms with E-state index in [1.165, 1.54) is 95.3 Å². The van der Waals surface area contributed by atoms with Crippen molar-refractivity contribution in [3.8, 4) is 11.1 Å². The van der Waals surface area contributed by atoms with Crippen LogP contribution in [0.25, 0.3) is 11.1 Å². The molecule has 2 aromatic carbocycles. The minimum absolute atomic E-state index is 0.0332. The number of benzene rings is 2.